The molecule has 0 aliphatic carbocycles. The van der Waals surface area contributed by atoms with E-state index in [2.05, 4.69) is 10.2 Å². The molecule has 0 spiro atoms. The van der Waals surface area contributed by atoms with E-state index in [0.717, 1.165) is 19.5 Å². The Hall–Kier alpha value is -0.900. The predicted octanol–water partition coefficient (Wildman–Crippen LogP) is 2.45. The number of nitrogens with one attached hydrogen (secondary N) is 1. The van der Waals surface area contributed by atoms with Gasteiger partial charge in [0.25, 0.3) is 0 Å². The van der Waals surface area contributed by atoms with Gasteiger partial charge in [0.05, 0.1) is 6.04 Å². The zero-order chi connectivity index (χ0) is 13.5. The molecule has 0 radical (unpaired) electrons. The molecule has 1 rings (SSSR count). The second-order valence-electron chi connectivity index (χ2n) is 4.48. The first-order valence-electron chi connectivity index (χ1n) is 6.21. The Labute approximate surface area is 114 Å². The van der Waals surface area contributed by atoms with Crippen LogP contribution in [0, 0.1) is 0 Å². The third kappa shape index (κ3) is 4.41. The van der Waals surface area contributed by atoms with Crippen LogP contribution in [0.1, 0.15) is 23.7 Å². The van der Waals surface area contributed by atoms with Crippen molar-refractivity contribution in [3.8, 4) is 0 Å². The highest BCUT2D eigenvalue weighted by molar-refractivity contribution is 6.30. The monoisotopic (exact) mass is 268 g/mol. The maximum atomic E-state index is 12.2. The summed E-state index contributed by atoms with van der Waals surface area (Å²) in [6, 6.07) is 6.96. The van der Waals surface area contributed by atoms with E-state index < -0.39 is 0 Å². The second-order valence-corrected chi connectivity index (χ2v) is 4.92. The smallest absolute Gasteiger partial charge is 0.179 e. The Morgan fingerprint density at radius 3 is 2.56 bits per heavy atom. The summed E-state index contributed by atoms with van der Waals surface area (Å²) in [6.45, 7) is 3.81. The Bertz CT molecular complexity index is 378. The Morgan fingerprint density at radius 2 is 2.00 bits per heavy atom. The van der Waals surface area contributed by atoms with E-state index in [1.165, 1.54) is 0 Å². The minimum atomic E-state index is -0.108. The van der Waals surface area contributed by atoms with Gasteiger partial charge in [-0.05, 0) is 64.8 Å². The van der Waals surface area contributed by atoms with E-state index in [1.54, 1.807) is 24.3 Å². The predicted molar refractivity (Wildman–Crippen MR) is 76.4 cm³/mol. The molecule has 0 heterocycles. The molecule has 1 aromatic rings. The van der Waals surface area contributed by atoms with Crippen LogP contribution in [0.4, 0.5) is 0 Å². The summed E-state index contributed by atoms with van der Waals surface area (Å²) in [7, 11) is 3.91. The van der Waals surface area contributed by atoms with Crippen LogP contribution in [0.2, 0.25) is 5.02 Å². The van der Waals surface area contributed by atoms with Crippen molar-refractivity contribution in [2.24, 2.45) is 0 Å². The fourth-order valence-electron chi connectivity index (χ4n) is 1.75. The van der Waals surface area contributed by atoms with Gasteiger partial charge in [-0.15, -0.1) is 0 Å². The summed E-state index contributed by atoms with van der Waals surface area (Å²) in [6.07, 6.45) is 1.03. The number of halogens is 1. The number of carbonyl (C=O) groups is 1. The molecular formula is C14H21ClN2O. The van der Waals surface area contributed by atoms with E-state index in [0.29, 0.717) is 10.6 Å². The summed E-state index contributed by atoms with van der Waals surface area (Å²) >= 11 is 5.81. The molecule has 100 valence electrons. The van der Waals surface area contributed by atoms with Crippen LogP contribution in [0.3, 0.4) is 0 Å². The number of benzene rings is 1. The highest BCUT2D eigenvalue weighted by atomic mass is 35.5. The van der Waals surface area contributed by atoms with Gasteiger partial charge in [-0.3, -0.25) is 9.69 Å². The minimum Gasteiger partial charge on any atom is -0.320 e. The molecule has 0 fully saturated rings. The molecule has 18 heavy (non-hydrogen) atoms. The summed E-state index contributed by atoms with van der Waals surface area (Å²) < 4.78 is 0. The summed E-state index contributed by atoms with van der Waals surface area (Å²) in [5.74, 6) is 0.138. The van der Waals surface area contributed by atoms with Crippen LogP contribution < -0.4 is 5.32 Å². The summed E-state index contributed by atoms with van der Waals surface area (Å²) in [5, 5.41) is 3.76. The van der Waals surface area contributed by atoms with Gasteiger partial charge in [0.15, 0.2) is 5.78 Å². The molecule has 0 aromatic heterocycles. The zero-order valence-corrected chi connectivity index (χ0v) is 12.0. The summed E-state index contributed by atoms with van der Waals surface area (Å²) in [5.41, 5.74) is 0.715. The standard InChI is InChI=1S/C14H21ClN2O/c1-11(17(3)10-4-9-16-2)14(18)12-5-7-13(15)8-6-12/h5-8,11,16H,4,9-10H2,1-3H3. The largest absolute Gasteiger partial charge is 0.320 e. The van der Waals surface area contributed by atoms with Gasteiger partial charge in [-0.1, -0.05) is 11.6 Å². The van der Waals surface area contributed by atoms with Crippen molar-refractivity contribution in [2.45, 2.75) is 19.4 Å². The maximum absolute atomic E-state index is 12.2. The van der Waals surface area contributed by atoms with Crippen LogP contribution in [0.5, 0.6) is 0 Å². The van der Waals surface area contributed by atoms with Crippen molar-refractivity contribution in [1.82, 2.24) is 10.2 Å². The SMILES string of the molecule is CNCCCN(C)C(C)C(=O)c1ccc(Cl)cc1. The van der Waals surface area contributed by atoms with Crippen LogP contribution in [-0.4, -0.2) is 43.9 Å². The van der Waals surface area contributed by atoms with Crippen molar-refractivity contribution in [1.29, 1.82) is 0 Å². The molecule has 0 saturated heterocycles. The molecule has 1 N–H and O–H groups in total. The van der Waals surface area contributed by atoms with Gasteiger partial charge in [0.1, 0.15) is 0 Å². The maximum Gasteiger partial charge on any atom is 0.179 e. The molecule has 0 bridgehead atoms. The first-order valence-corrected chi connectivity index (χ1v) is 6.58. The van der Waals surface area contributed by atoms with Crippen LogP contribution in [-0.2, 0) is 0 Å². The van der Waals surface area contributed by atoms with Crippen molar-refractivity contribution in [3.63, 3.8) is 0 Å². The van der Waals surface area contributed by atoms with Crippen molar-refractivity contribution < 1.29 is 4.79 Å². The summed E-state index contributed by atoms with van der Waals surface area (Å²) in [4.78, 5) is 14.3. The molecule has 0 saturated carbocycles. The molecule has 4 heteroatoms. The lowest BCUT2D eigenvalue weighted by molar-refractivity contribution is 0.0868. The first kappa shape index (κ1) is 15.2. The molecule has 1 aromatic carbocycles. The number of ketones is 1. The number of rotatable bonds is 7. The highest BCUT2D eigenvalue weighted by Gasteiger charge is 2.18. The van der Waals surface area contributed by atoms with Crippen LogP contribution in [0.15, 0.2) is 24.3 Å². The molecule has 1 unspecified atom stereocenters. The van der Waals surface area contributed by atoms with Crippen LogP contribution >= 0.6 is 11.6 Å². The third-order valence-electron chi connectivity index (χ3n) is 3.11. The van der Waals surface area contributed by atoms with Gasteiger partial charge < -0.3 is 5.32 Å². The molecular weight excluding hydrogens is 248 g/mol. The van der Waals surface area contributed by atoms with Crippen molar-refractivity contribution >= 4 is 17.4 Å². The van der Waals surface area contributed by atoms with Gasteiger partial charge in [-0.2, -0.15) is 0 Å². The molecule has 3 nitrogen and oxygen atoms in total. The molecule has 0 amide bonds. The third-order valence-corrected chi connectivity index (χ3v) is 3.36. The first-order chi connectivity index (χ1) is 8.56. The minimum absolute atomic E-state index is 0.108. The number of hydrogen-bond acceptors (Lipinski definition) is 3. The molecule has 0 aliphatic rings. The quantitative estimate of drug-likeness (QED) is 0.609. The van der Waals surface area contributed by atoms with E-state index >= 15 is 0 Å². The van der Waals surface area contributed by atoms with Crippen molar-refractivity contribution in [3.05, 3.63) is 34.9 Å². The number of likely N-dealkylation sites (N-methyl/N-ethyl adjacent to an activating group) is 1. The van der Waals surface area contributed by atoms with E-state index in [-0.39, 0.29) is 11.8 Å². The lowest BCUT2D eigenvalue weighted by Crippen LogP contribution is -2.37. The number of carbonyl (C=O) groups excluding carboxylic acids is 1. The average Bonchev–Trinajstić information content (AvgIpc) is 2.38. The number of hydrogen-bond donors (Lipinski definition) is 1. The fraction of sp³-hybridized carbons (Fsp3) is 0.500. The highest BCUT2D eigenvalue weighted by Crippen LogP contribution is 2.13. The van der Waals surface area contributed by atoms with Gasteiger partial charge >= 0.3 is 0 Å². The lowest BCUT2D eigenvalue weighted by Gasteiger charge is -2.23. The van der Waals surface area contributed by atoms with Crippen LogP contribution in [0.25, 0.3) is 0 Å². The van der Waals surface area contributed by atoms with Gasteiger partial charge in [0, 0.05) is 10.6 Å². The molecule has 0 aliphatic heterocycles. The van der Waals surface area contributed by atoms with E-state index in [9.17, 15) is 4.79 Å². The fourth-order valence-corrected chi connectivity index (χ4v) is 1.88. The van der Waals surface area contributed by atoms with E-state index in [1.807, 2.05) is 21.0 Å². The Morgan fingerprint density at radius 1 is 1.39 bits per heavy atom. The topological polar surface area (TPSA) is 32.3 Å². The van der Waals surface area contributed by atoms with Crippen molar-refractivity contribution in [2.75, 3.05) is 27.2 Å². The normalized spacial score (nSPS) is 12.7. The average molecular weight is 269 g/mol. The Balaban J connectivity index is 2.57. The van der Waals surface area contributed by atoms with Gasteiger partial charge in [-0.25, -0.2) is 0 Å². The zero-order valence-electron chi connectivity index (χ0n) is 11.2. The Kier molecular flexibility index (Phi) is 6.33. The molecule has 1 atom stereocenters. The van der Waals surface area contributed by atoms with Gasteiger partial charge in [0.2, 0.25) is 0 Å². The lowest BCUT2D eigenvalue weighted by atomic mass is 10.0. The van der Waals surface area contributed by atoms with E-state index in [4.69, 9.17) is 11.6 Å². The second kappa shape index (κ2) is 7.52. The number of Topliss-reactive ketones (excluding diaryl/α,β-unsaturated/α-hetero) is 1. The number of nitrogens with zero attached hydrogens (tertiary/aromatic N) is 1.